The van der Waals surface area contributed by atoms with Crippen molar-refractivity contribution in [1.29, 1.82) is 0 Å². The summed E-state index contributed by atoms with van der Waals surface area (Å²) in [7, 11) is 0. The maximum atomic E-state index is 10.4. The molecule has 11 heavy (non-hydrogen) atoms. The van der Waals surface area contributed by atoms with Gasteiger partial charge in [-0.2, -0.15) is 0 Å². The van der Waals surface area contributed by atoms with Gasteiger partial charge >= 0.3 is 5.97 Å². The average molecular weight is 159 g/mol. The molecule has 0 spiro atoms. The molecule has 0 aliphatic rings. The fourth-order valence-corrected chi connectivity index (χ4v) is 0.951. The van der Waals surface area contributed by atoms with E-state index in [0.29, 0.717) is 5.92 Å². The number of aliphatic carboxylic acids is 1. The van der Waals surface area contributed by atoms with E-state index in [9.17, 15) is 4.79 Å². The van der Waals surface area contributed by atoms with Crippen molar-refractivity contribution in [3.63, 3.8) is 0 Å². The van der Waals surface area contributed by atoms with Gasteiger partial charge in [0.25, 0.3) is 0 Å². The van der Waals surface area contributed by atoms with Crippen LogP contribution in [0.25, 0.3) is 0 Å². The van der Waals surface area contributed by atoms with Gasteiger partial charge in [0.05, 0.1) is 0 Å². The van der Waals surface area contributed by atoms with E-state index in [1.165, 1.54) is 0 Å². The number of carbonyl (C=O) groups is 1. The van der Waals surface area contributed by atoms with Gasteiger partial charge in [0.2, 0.25) is 0 Å². The first-order valence-electron chi connectivity index (χ1n) is 3.99. The summed E-state index contributed by atoms with van der Waals surface area (Å²) < 4.78 is 0. The van der Waals surface area contributed by atoms with Crippen molar-refractivity contribution in [2.75, 3.05) is 0 Å². The average Bonchev–Trinajstić information content (AvgIpc) is 2.00. The quantitative estimate of drug-likeness (QED) is 0.645. The van der Waals surface area contributed by atoms with Crippen molar-refractivity contribution >= 4 is 5.97 Å². The third kappa shape index (κ3) is 2.89. The number of carboxylic acid groups (broad SMARTS) is 1. The monoisotopic (exact) mass is 159 g/mol. The maximum absolute atomic E-state index is 10.4. The molecule has 3 nitrogen and oxygen atoms in total. The number of hydrogen-bond acceptors (Lipinski definition) is 2. The van der Waals surface area contributed by atoms with Crippen LogP contribution in [0.3, 0.4) is 0 Å². The largest absolute Gasteiger partial charge is 0.480 e. The second kappa shape index (κ2) is 4.34. The molecule has 0 heterocycles. The minimum Gasteiger partial charge on any atom is -0.480 e. The van der Waals surface area contributed by atoms with Gasteiger partial charge in [0.15, 0.2) is 0 Å². The highest BCUT2D eigenvalue weighted by Crippen LogP contribution is 2.16. The summed E-state index contributed by atoms with van der Waals surface area (Å²) in [6.45, 7) is 5.94. The summed E-state index contributed by atoms with van der Waals surface area (Å²) in [5, 5.41) is 8.57. The highest BCUT2D eigenvalue weighted by Gasteiger charge is 2.23. The molecule has 0 rings (SSSR count). The standard InChI is InChI=1S/C8H17NO2/c1-4-5(2)6(3)7(9)8(10)11/h5-7H,4,9H2,1-3H3,(H,10,11)/t5?,6?,7-/m0/s1. The second-order valence-corrected chi connectivity index (χ2v) is 3.11. The predicted molar refractivity (Wildman–Crippen MR) is 44.2 cm³/mol. The van der Waals surface area contributed by atoms with Gasteiger partial charge in [-0.15, -0.1) is 0 Å². The van der Waals surface area contributed by atoms with Crippen molar-refractivity contribution in [3.8, 4) is 0 Å². The molecule has 66 valence electrons. The highest BCUT2D eigenvalue weighted by molar-refractivity contribution is 5.73. The molecule has 3 atom stereocenters. The Balaban J connectivity index is 4.00. The Labute approximate surface area is 67.6 Å². The van der Waals surface area contributed by atoms with E-state index in [1.54, 1.807) is 0 Å². The molecule has 0 fully saturated rings. The van der Waals surface area contributed by atoms with E-state index in [2.05, 4.69) is 0 Å². The molecule has 2 unspecified atom stereocenters. The highest BCUT2D eigenvalue weighted by atomic mass is 16.4. The summed E-state index contributed by atoms with van der Waals surface area (Å²) in [6, 6.07) is -0.718. The third-order valence-electron chi connectivity index (χ3n) is 2.39. The zero-order valence-electron chi connectivity index (χ0n) is 7.37. The lowest BCUT2D eigenvalue weighted by Crippen LogP contribution is -2.39. The van der Waals surface area contributed by atoms with E-state index >= 15 is 0 Å². The zero-order valence-corrected chi connectivity index (χ0v) is 7.37. The first-order valence-corrected chi connectivity index (χ1v) is 3.99. The van der Waals surface area contributed by atoms with Crippen LogP contribution in [0.15, 0.2) is 0 Å². The molecular formula is C8H17NO2. The SMILES string of the molecule is CCC(C)C(C)[C@H](N)C(=O)O. The number of hydrogen-bond donors (Lipinski definition) is 2. The number of nitrogens with two attached hydrogens (primary N) is 1. The van der Waals surface area contributed by atoms with Crippen LogP contribution in [0.1, 0.15) is 27.2 Å². The number of carboxylic acids is 1. The van der Waals surface area contributed by atoms with Gasteiger partial charge in [0.1, 0.15) is 6.04 Å². The fraction of sp³-hybridized carbons (Fsp3) is 0.875. The molecule has 3 N–H and O–H groups in total. The third-order valence-corrected chi connectivity index (χ3v) is 2.39. The Bertz CT molecular complexity index is 136. The Kier molecular flexibility index (Phi) is 4.11. The van der Waals surface area contributed by atoms with Crippen LogP contribution in [0.4, 0.5) is 0 Å². The van der Waals surface area contributed by atoms with Crippen LogP contribution in [0, 0.1) is 11.8 Å². The summed E-state index contributed by atoms with van der Waals surface area (Å²) in [5.41, 5.74) is 5.44. The lowest BCUT2D eigenvalue weighted by atomic mass is 9.88. The van der Waals surface area contributed by atoms with Crippen molar-refractivity contribution in [1.82, 2.24) is 0 Å². The topological polar surface area (TPSA) is 63.3 Å². The molecule has 0 aliphatic carbocycles. The smallest absolute Gasteiger partial charge is 0.320 e. The van der Waals surface area contributed by atoms with Crippen LogP contribution in [0.2, 0.25) is 0 Å². The van der Waals surface area contributed by atoms with Crippen LogP contribution >= 0.6 is 0 Å². The van der Waals surface area contributed by atoms with Crippen LogP contribution in [0.5, 0.6) is 0 Å². The molecule has 0 radical (unpaired) electrons. The molecule has 0 aromatic rings. The first-order chi connectivity index (χ1) is 5.00. The minimum absolute atomic E-state index is 0.0532. The van der Waals surface area contributed by atoms with E-state index in [-0.39, 0.29) is 5.92 Å². The summed E-state index contributed by atoms with van der Waals surface area (Å²) >= 11 is 0. The van der Waals surface area contributed by atoms with Gasteiger partial charge in [-0.3, -0.25) is 4.79 Å². The molecule has 0 aliphatic heterocycles. The van der Waals surface area contributed by atoms with Gasteiger partial charge in [-0.25, -0.2) is 0 Å². The van der Waals surface area contributed by atoms with E-state index in [1.807, 2.05) is 20.8 Å². The van der Waals surface area contributed by atoms with Gasteiger partial charge < -0.3 is 10.8 Å². The fourth-order valence-electron chi connectivity index (χ4n) is 0.951. The Morgan fingerprint density at radius 3 is 2.27 bits per heavy atom. The van der Waals surface area contributed by atoms with Crippen LogP contribution in [-0.2, 0) is 4.79 Å². The molecule has 3 heteroatoms. The van der Waals surface area contributed by atoms with E-state index in [0.717, 1.165) is 6.42 Å². The van der Waals surface area contributed by atoms with Crippen LogP contribution in [-0.4, -0.2) is 17.1 Å². The summed E-state index contributed by atoms with van der Waals surface area (Å²) in [6.07, 6.45) is 0.974. The molecule has 0 amide bonds. The van der Waals surface area contributed by atoms with Gasteiger partial charge in [0, 0.05) is 0 Å². The maximum Gasteiger partial charge on any atom is 0.320 e. The predicted octanol–water partition coefficient (Wildman–Crippen LogP) is 1.08. The molecule has 0 aromatic carbocycles. The Hall–Kier alpha value is -0.570. The normalized spacial score (nSPS) is 18.9. The Morgan fingerprint density at radius 1 is 1.55 bits per heavy atom. The zero-order chi connectivity index (χ0) is 9.02. The molecule has 0 aromatic heterocycles. The second-order valence-electron chi connectivity index (χ2n) is 3.11. The number of rotatable bonds is 4. The summed E-state index contributed by atoms with van der Waals surface area (Å²) in [5.74, 6) is -0.476. The van der Waals surface area contributed by atoms with Gasteiger partial charge in [-0.1, -0.05) is 27.2 Å². The minimum atomic E-state index is -0.905. The molecular weight excluding hydrogens is 142 g/mol. The van der Waals surface area contributed by atoms with Crippen molar-refractivity contribution in [3.05, 3.63) is 0 Å². The van der Waals surface area contributed by atoms with Gasteiger partial charge in [-0.05, 0) is 11.8 Å². The van der Waals surface area contributed by atoms with Crippen LogP contribution < -0.4 is 5.73 Å². The van der Waals surface area contributed by atoms with Crippen molar-refractivity contribution < 1.29 is 9.90 Å². The molecule has 0 saturated heterocycles. The van der Waals surface area contributed by atoms with Crippen molar-refractivity contribution in [2.45, 2.75) is 33.2 Å². The lowest BCUT2D eigenvalue weighted by molar-refractivity contribution is -0.140. The first kappa shape index (κ1) is 10.4. The Morgan fingerprint density at radius 2 is 2.00 bits per heavy atom. The lowest BCUT2D eigenvalue weighted by Gasteiger charge is -2.21. The van der Waals surface area contributed by atoms with E-state index < -0.39 is 12.0 Å². The molecule has 0 bridgehead atoms. The molecule has 0 saturated carbocycles. The summed E-state index contributed by atoms with van der Waals surface area (Å²) in [4.78, 5) is 10.4. The van der Waals surface area contributed by atoms with Crippen molar-refractivity contribution in [2.24, 2.45) is 17.6 Å². The van der Waals surface area contributed by atoms with E-state index in [4.69, 9.17) is 10.8 Å².